The number of hydrogen-bond acceptors (Lipinski definition) is 4. The highest BCUT2D eigenvalue weighted by Gasteiger charge is 2.13. The third-order valence-corrected chi connectivity index (χ3v) is 2.82. The number of hydrogen-bond donors (Lipinski definition) is 2. The van der Waals surface area contributed by atoms with E-state index in [1.165, 1.54) is 0 Å². The molecule has 2 rings (SSSR count). The predicted molar refractivity (Wildman–Crippen MR) is 76.4 cm³/mol. The van der Waals surface area contributed by atoms with Gasteiger partial charge in [0.25, 0.3) is 5.91 Å². The van der Waals surface area contributed by atoms with Crippen molar-refractivity contribution in [2.24, 2.45) is 0 Å². The molecule has 1 unspecified atom stereocenters. The monoisotopic (exact) mass is 274 g/mol. The molecule has 0 aliphatic rings. The molecule has 0 saturated heterocycles. The van der Waals surface area contributed by atoms with Gasteiger partial charge in [0, 0.05) is 5.69 Å². The fourth-order valence-corrected chi connectivity index (χ4v) is 1.75. The van der Waals surface area contributed by atoms with E-state index in [4.69, 9.17) is 14.9 Å². The van der Waals surface area contributed by atoms with Crippen LogP contribution < -0.4 is 15.8 Å². The van der Waals surface area contributed by atoms with Crippen LogP contribution in [0.5, 0.6) is 5.75 Å². The van der Waals surface area contributed by atoms with Crippen LogP contribution in [0, 0.1) is 6.92 Å². The zero-order chi connectivity index (χ0) is 14.5. The molecule has 0 fully saturated rings. The smallest absolute Gasteiger partial charge is 0.258 e. The molecule has 1 aromatic carbocycles. The minimum atomic E-state index is -0.205. The van der Waals surface area contributed by atoms with Gasteiger partial charge in [-0.1, -0.05) is 0 Å². The Morgan fingerprint density at radius 2 is 2.00 bits per heavy atom. The Morgan fingerprint density at radius 1 is 1.30 bits per heavy atom. The normalized spacial score (nSPS) is 11.9. The lowest BCUT2D eigenvalue weighted by Gasteiger charge is -2.12. The summed E-state index contributed by atoms with van der Waals surface area (Å²) < 4.78 is 10.8. The van der Waals surface area contributed by atoms with Gasteiger partial charge < -0.3 is 20.2 Å². The third kappa shape index (κ3) is 3.78. The van der Waals surface area contributed by atoms with E-state index in [1.54, 1.807) is 24.3 Å². The summed E-state index contributed by atoms with van der Waals surface area (Å²) in [7, 11) is 0. The molecule has 1 atom stereocenters. The van der Waals surface area contributed by atoms with E-state index >= 15 is 0 Å². The van der Waals surface area contributed by atoms with Gasteiger partial charge in [0.1, 0.15) is 17.3 Å². The van der Waals surface area contributed by atoms with Crippen molar-refractivity contribution >= 4 is 11.6 Å². The molecule has 0 bridgehead atoms. The predicted octanol–water partition coefficient (Wildman–Crippen LogP) is 2.43. The molecule has 1 aromatic heterocycles. The molecule has 0 aliphatic heterocycles. The number of furan rings is 1. The van der Waals surface area contributed by atoms with E-state index in [9.17, 15) is 4.79 Å². The number of nitrogens with two attached hydrogens (primary N) is 1. The van der Waals surface area contributed by atoms with Crippen LogP contribution in [0.2, 0.25) is 0 Å². The van der Waals surface area contributed by atoms with Crippen LogP contribution >= 0.6 is 0 Å². The second-order valence-corrected chi connectivity index (χ2v) is 4.60. The van der Waals surface area contributed by atoms with Gasteiger partial charge in [0.2, 0.25) is 0 Å². The SMILES string of the molecule is Cc1ccc(C(C)NC(=O)COc2ccc(N)cc2)o1. The molecular weight excluding hydrogens is 256 g/mol. The summed E-state index contributed by atoms with van der Waals surface area (Å²) in [6.45, 7) is 3.68. The molecule has 1 amide bonds. The number of ether oxygens (including phenoxy) is 1. The number of amides is 1. The van der Waals surface area contributed by atoms with Crippen molar-refractivity contribution in [1.82, 2.24) is 5.32 Å². The number of carbonyl (C=O) groups is 1. The Bertz CT molecular complexity index is 575. The molecule has 0 radical (unpaired) electrons. The van der Waals surface area contributed by atoms with E-state index < -0.39 is 0 Å². The van der Waals surface area contributed by atoms with Crippen LogP contribution in [-0.4, -0.2) is 12.5 Å². The maximum Gasteiger partial charge on any atom is 0.258 e. The Kier molecular flexibility index (Phi) is 4.30. The summed E-state index contributed by atoms with van der Waals surface area (Å²) in [4.78, 5) is 11.8. The summed E-state index contributed by atoms with van der Waals surface area (Å²) in [6.07, 6.45) is 0. The van der Waals surface area contributed by atoms with Crippen molar-refractivity contribution in [3.8, 4) is 5.75 Å². The zero-order valence-corrected chi connectivity index (χ0v) is 11.6. The number of benzene rings is 1. The molecule has 2 aromatic rings. The number of rotatable bonds is 5. The van der Waals surface area contributed by atoms with Crippen molar-refractivity contribution in [3.63, 3.8) is 0 Å². The molecule has 1 heterocycles. The van der Waals surface area contributed by atoms with Gasteiger partial charge in [0.05, 0.1) is 6.04 Å². The first-order valence-corrected chi connectivity index (χ1v) is 6.38. The summed E-state index contributed by atoms with van der Waals surface area (Å²) >= 11 is 0. The number of carbonyl (C=O) groups excluding carboxylic acids is 1. The molecule has 20 heavy (non-hydrogen) atoms. The number of anilines is 1. The quantitative estimate of drug-likeness (QED) is 0.821. The molecule has 0 saturated carbocycles. The van der Waals surface area contributed by atoms with Crippen LogP contribution in [0.15, 0.2) is 40.8 Å². The Balaban J connectivity index is 1.82. The highest BCUT2D eigenvalue weighted by Crippen LogP contribution is 2.16. The number of nitrogens with one attached hydrogen (secondary N) is 1. The van der Waals surface area contributed by atoms with E-state index in [1.807, 2.05) is 26.0 Å². The van der Waals surface area contributed by atoms with E-state index in [0.717, 1.165) is 11.5 Å². The van der Waals surface area contributed by atoms with Crippen molar-refractivity contribution in [1.29, 1.82) is 0 Å². The second kappa shape index (κ2) is 6.14. The maximum atomic E-state index is 11.8. The first-order chi connectivity index (χ1) is 9.54. The first kappa shape index (κ1) is 14.0. The molecular formula is C15H18N2O3. The Morgan fingerprint density at radius 3 is 2.60 bits per heavy atom. The molecule has 0 spiro atoms. The largest absolute Gasteiger partial charge is 0.484 e. The van der Waals surface area contributed by atoms with Gasteiger partial charge in [-0.3, -0.25) is 4.79 Å². The Hall–Kier alpha value is -2.43. The van der Waals surface area contributed by atoms with E-state index in [-0.39, 0.29) is 18.6 Å². The van der Waals surface area contributed by atoms with Crippen molar-refractivity contribution < 1.29 is 13.9 Å². The lowest BCUT2D eigenvalue weighted by Crippen LogP contribution is -2.31. The first-order valence-electron chi connectivity index (χ1n) is 6.38. The highest BCUT2D eigenvalue weighted by atomic mass is 16.5. The van der Waals surface area contributed by atoms with Crippen LogP contribution in [0.25, 0.3) is 0 Å². The lowest BCUT2D eigenvalue weighted by molar-refractivity contribution is -0.123. The van der Waals surface area contributed by atoms with E-state index in [2.05, 4.69) is 5.32 Å². The number of nitrogen functional groups attached to an aromatic ring is 1. The van der Waals surface area contributed by atoms with Crippen LogP contribution in [-0.2, 0) is 4.79 Å². The van der Waals surface area contributed by atoms with Gasteiger partial charge in [-0.2, -0.15) is 0 Å². The standard InChI is InChI=1S/C15H18N2O3/c1-10-3-8-14(20-10)11(2)17-15(18)9-19-13-6-4-12(16)5-7-13/h3-8,11H,9,16H2,1-2H3,(H,17,18). The van der Waals surface area contributed by atoms with Crippen molar-refractivity contribution in [2.75, 3.05) is 12.3 Å². The Labute approximate surface area is 117 Å². The van der Waals surface area contributed by atoms with Crippen LogP contribution in [0.1, 0.15) is 24.5 Å². The molecule has 0 aliphatic carbocycles. The average Bonchev–Trinajstić information content (AvgIpc) is 2.85. The summed E-state index contributed by atoms with van der Waals surface area (Å²) in [5.74, 6) is 1.95. The summed E-state index contributed by atoms with van der Waals surface area (Å²) in [5, 5.41) is 2.81. The second-order valence-electron chi connectivity index (χ2n) is 4.60. The lowest BCUT2D eigenvalue weighted by atomic mass is 10.2. The molecule has 5 heteroatoms. The average molecular weight is 274 g/mol. The van der Waals surface area contributed by atoms with Gasteiger partial charge in [-0.25, -0.2) is 0 Å². The van der Waals surface area contributed by atoms with Crippen LogP contribution in [0.4, 0.5) is 5.69 Å². The fraction of sp³-hybridized carbons (Fsp3) is 0.267. The maximum absolute atomic E-state index is 11.8. The van der Waals surface area contributed by atoms with Crippen molar-refractivity contribution in [3.05, 3.63) is 47.9 Å². The molecule has 3 N–H and O–H groups in total. The molecule has 5 nitrogen and oxygen atoms in total. The molecule has 106 valence electrons. The third-order valence-electron chi connectivity index (χ3n) is 2.82. The summed E-state index contributed by atoms with van der Waals surface area (Å²) in [5.41, 5.74) is 6.23. The van der Waals surface area contributed by atoms with Gasteiger partial charge in [-0.05, 0) is 50.2 Å². The van der Waals surface area contributed by atoms with E-state index in [0.29, 0.717) is 11.4 Å². The fourth-order valence-electron chi connectivity index (χ4n) is 1.75. The topological polar surface area (TPSA) is 77.5 Å². The van der Waals surface area contributed by atoms with Crippen LogP contribution in [0.3, 0.4) is 0 Å². The van der Waals surface area contributed by atoms with Gasteiger partial charge in [0.15, 0.2) is 6.61 Å². The van der Waals surface area contributed by atoms with Crippen molar-refractivity contribution in [2.45, 2.75) is 19.9 Å². The zero-order valence-electron chi connectivity index (χ0n) is 11.6. The number of aryl methyl sites for hydroxylation is 1. The van der Waals surface area contributed by atoms with Gasteiger partial charge in [-0.15, -0.1) is 0 Å². The minimum Gasteiger partial charge on any atom is -0.484 e. The van der Waals surface area contributed by atoms with Gasteiger partial charge >= 0.3 is 0 Å². The minimum absolute atomic E-state index is 0.0477. The summed E-state index contributed by atoms with van der Waals surface area (Å²) in [6, 6.07) is 10.4. The highest BCUT2D eigenvalue weighted by molar-refractivity contribution is 5.77.